The maximum Gasteiger partial charge on any atom is 0.410 e. The summed E-state index contributed by atoms with van der Waals surface area (Å²) in [6, 6.07) is -4.60. The highest BCUT2D eigenvalue weighted by Gasteiger charge is 2.37. The molecule has 17 nitrogen and oxygen atoms in total. The second-order valence-corrected chi connectivity index (χ2v) is 16.8. The number of carboxylic acids is 1. The van der Waals surface area contributed by atoms with Gasteiger partial charge in [0.1, 0.15) is 23.7 Å². The lowest BCUT2D eigenvalue weighted by Crippen LogP contribution is -2.58. The number of ether oxygens (including phenoxy) is 2. The van der Waals surface area contributed by atoms with Crippen LogP contribution in [0.25, 0.3) is 0 Å². The predicted octanol–water partition coefficient (Wildman–Crippen LogP) is 3.04. The number of carbonyl (C=O) groups is 8. The van der Waals surface area contributed by atoms with Gasteiger partial charge in [0.25, 0.3) is 5.91 Å². The lowest BCUT2D eigenvalue weighted by atomic mass is 9.83. The summed E-state index contributed by atoms with van der Waals surface area (Å²) in [5, 5.41) is 22.6. The molecule has 2 aliphatic rings. The molecule has 1 unspecified atom stereocenters. The van der Waals surface area contributed by atoms with Crippen LogP contribution in [0.5, 0.6) is 0 Å². The van der Waals surface area contributed by atoms with Gasteiger partial charge in [0.2, 0.25) is 23.5 Å². The van der Waals surface area contributed by atoms with Crippen molar-refractivity contribution in [1.29, 1.82) is 0 Å². The first-order valence-electron chi connectivity index (χ1n) is 20.1. The molecule has 0 aromatic heterocycles. The maximum atomic E-state index is 13.7. The monoisotopic (exact) mass is 794 g/mol. The van der Waals surface area contributed by atoms with Gasteiger partial charge in [-0.1, -0.05) is 60.3 Å². The zero-order valence-electron chi connectivity index (χ0n) is 34.5. The third-order valence-corrected chi connectivity index (χ3v) is 9.65. The fourth-order valence-corrected chi connectivity index (χ4v) is 6.82. The number of carboxylic acid groups (broad SMARTS) is 1. The number of Topliss-reactive ketones (excluding diaryl/α,β-unsaturated/α-hetero) is 1. The minimum atomic E-state index is -1.30. The van der Waals surface area contributed by atoms with Gasteiger partial charge < -0.3 is 46.1 Å². The van der Waals surface area contributed by atoms with E-state index in [1.165, 1.54) is 4.90 Å². The zero-order chi connectivity index (χ0) is 42.2. The highest BCUT2D eigenvalue weighted by molar-refractivity contribution is 6.38. The van der Waals surface area contributed by atoms with Gasteiger partial charge in [-0.25, -0.2) is 14.4 Å². The number of nitrogens with zero attached hydrogens (tertiary/aromatic N) is 1. The summed E-state index contributed by atoms with van der Waals surface area (Å²) in [6.07, 6.45) is 4.31. The molecular formula is C39H66N6O11. The summed E-state index contributed by atoms with van der Waals surface area (Å²) in [5.74, 6) is -6.13. The largest absolute Gasteiger partial charge is 0.480 e. The van der Waals surface area contributed by atoms with Gasteiger partial charge in [0, 0.05) is 13.1 Å². The summed E-state index contributed by atoms with van der Waals surface area (Å²) in [4.78, 5) is 105. The van der Waals surface area contributed by atoms with E-state index in [0.717, 1.165) is 32.1 Å². The van der Waals surface area contributed by atoms with Crippen LogP contribution in [0.2, 0.25) is 0 Å². The van der Waals surface area contributed by atoms with E-state index in [4.69, 9.17) is 9.47 Å². The van der Waals surface area contributed by atoms with Crippen LogP contribution in [0.1, 0.15) is 120 Å². The molecule has 318 valence electrons. The minimum Gasteiger partial charge on any atom is -0.480 e. The van der Waals surface area contributed by atoms with Crippen molar-refractivity contribution in [3.8, 4) is 0 Å². The lowest BCUT2D eigenvalue weighted by molar-refractivity contribution is -0.144. The van der Waals surface area contributed by atoms with E-state index in [1.807, 2.05) is 27.7 Å². The molecule has 0 bridgehead atoms. The first-order valence-corrected chi connectivity index (χ1v) is 20.1. The molecule has 1 aliphatic carbocycles. The van der Waals surface area contributed by atoms with Gasteiger partial charge in [-0.3, -0.25) is 24.0 Å². The van der Waals surface area contributed by atoms with Crippen molar-refractivity contribution in [3.63, 3.8) is 0 Å². The molecule has 6 amide bonds. The van der Waals surface area contributed by atoms with Gasteiger partial charge in [0.15, 0.2) is 0 Å². The maximum absolute atomic E-state index is 13.7. The van der Waals surface area contributed by atoms with Crippen LogP contribution in [-0.4, -0.2) is 114 Å². The topological polar surface area (TPSA) is 239 Å². The first kappa shape index (κ1) is 47.7. The Labute approximate surface area is 330 Å². The van der Waals surface area contributed by atoms with Crippen molar-refractivity contribution >= 4 is 47.6 Å². The van der Waals surface area contributed by atoms with Crippen LogP contribution < -0.4 is 26.6 Å². The smallest absolute Gasteiger partial charge is 0.410 e. The van der Waals surface area contributed by atoms with Gasteiger partial charge in [0.05, 0.1) is 19.2 Å². The standard InChI is InChI=1S/C39H66N6O11/c1-9-13-27(32(47)35(50)40-21-29(46)43-31(36(51)52)26-16-18-45(19-17-26)38(54)56-39(6,7)8)41-33(48)28(20-23(2)3)42-34(49)30(25-14-11-10-12-15-25)44-37(53)55-22-24(4)5/h23-28,30-31H,9-22H2,1-8H3,(H,40,50)(H,41,48)(H,42,49)(H,43,46)(H,44,53)(H,51,52)/t27?,28-,30-,31-/m0/s1. The van der Waals surface area contributed by atoms with E-state index < -0.39 is 89.8 Å². The Morgan fingerprint density at radius 1 is 0.750 bits per heavy atom. The minimum absolute atomic E-state index is 0.0579. The van der Waals surface area contributed by atoms with E-state index in [1.54, 1.807) is 27.7 Å². The van der Waals surface area contributed by atoms with Crippen molar-refractivity contribution < 1.29 is 52.9 Å². The number of aliphatic carboxylic acids is 1. The van der Waals surface area contributed by atoms with Gasteiger partial charge in [-0.2, -0.15) is 0 Å². The Morgan fingerprint density at radius 2 is 1.34 bits per heavy atom. The first-order chi connectivity index (χ1) is 26.2. The number of alkyl carbamates (subject to hydrolysis) is 1. The normalized spacial score (nSPS) is 17.5. The van der Waals surface area contributed by atoms with E-state index in [2.05, 4.69) is 26.6 Å². The Balaban J connectivity index is 2.05. The van der Waals surface area contributed by atoms with E-state index in [-0.39, 0.29) is 50.3 Å². The fourth-order valence-electron chi connectivity index (χ4n) is 6.82. The molecule has 2 rings (SSSR count). The molecule has 1 saturated carbocycles. The van der Waals surface area contributed by atoms with Crippen molar-refractivity contribution in [2.24, 2.45) is 23.7 Å². The van der Waals surface area contributed by atoms with E-state index in [0.29, 0.717) is 19.3 Å². The number of likely N-dealkylation sites (tertiary alicyclic amines) is 1. The summed E-state index contributed by atoms with van der Waals surface area (Å²) >= 11 is 0. The highest BCUT2D eigenvalue weighted by atomic mass is 16.6. The molecule has 0 aromatic carbocycles. The predicted molar refractivity (Wildman–Crippen MR) is 206 cm³/mol. The molecule has 17 heteroatoms. The van der Waals surface area contributed by atoms with Crippen LogP contribution >= 0.6 is 0 Å². The average molecular weight is 795 g/mol. The fraction of sp³-hybridized carbons (Fsp3) is 0.795. The zero-order valence-corrected chi connectivity index (χ0v) is 34.5. The summed E-state index contributed by atoms with van der Waals surface area (Å²) in [6.45, 7) is 14.5. The van der Waals surface area contributed by atoms with Gasteiger partial charge in [-0.05, 0) is 83.0 Å². The molecule has 1 heterocycles. The van der Waals surface area contributed by atoms with Crippen molar-refractivity contribution in [1.82, 2.24) is 31.5 Å². The number of carbonyl (C=O) groups excluding carboxylic acids is 7. The summed E-state index contributed by atoms with van der Waals surface area (Å²) < 4.78 is 10.7. The molecule has 0 spiro atoms. The summed E-state index contributed by atoms with van der Waals surface area (Å²) in [7, 11) is 0. The molecule has 56 heavy (non-hydrogen) atoms. The lowest BCUT2D eigenvalue weighted by Gasteiger charge is -2.35. The molecule has 1 saturated heterocycles. The Kier molecular flexibility index (Phi) is 19.6. The molecule has 1 aliphatic heterocycles. The summed E-state index contributed by atoms with van der Waals surface area (Å²) in [5.41, 5.74) is -0.685. The number of nitrogens with one attached hydrogen (secondary N) is 5. The van der Waals surface area contributed by atoms with Crippen molar-refractivity contribution in [2.75, 3.05) is 26.2 Å². The second-order valence-electron chi connectivity index (χ2n) is 16.8. The van der Waals surface area contributed by atoms with Crippen LogP contribution in [0.3, 0.4) is 0 Å². The highest BCUT2D eigenvalue weighted by Crippen LogP contribution is 2.27. The van der Waals surface area contributed by atoms with E-state index >= 15 is 0 Å². The number of piperidine rings is 1. The number of rotatable bonds is 19. The quantitative estimate of drug-likeness (QED) is 0.104. The molecule has 2 fully saturated rings. The average Bonchev–Trinajstić information content (AvgIpc) is 3.12. The number of amides is 6. The van der Waals surface area contributed by atoms with Gasteiger partial charge >= 0.3 is 18.2 Å². The Hall–Kier alpha value is -4.44. The van der Waals surface area contributed by atoms with Crippen LogP contribution in [0, 0.1) is 23.7 Å². The molecule has 0 aromatic rings. The Morgan fingerprint density at radius 3 is 1.88 bits per heavy atom. The Bertz CT molecular complexity index is 1370. The molecule has 6 N–H and O–H groups in total. The third kappa shape index (κ3) is 16.7. The number of hydrogen-bond donors (Lipinski definition) is 6. The van der Waals surface area contributed by atoms with E-state index in [9.17, 15) is 43.5 Å². The number of hydrogen-bond acceptors (Lipinski definition) is 10. The molecule has 4 atom stereocenters. The van der Waals surface area contributed by atoms with Crippen LogP contribution in [0.15, 0.2) is 0 Å². The molecular weight excluding hydrogens is 728 g/mol. The number of ketones is 1. The van der Waals surface area contributed by atoms with Crippen LogP contribution in [0.4, 0.5) is 9.59 Å². The van der Waals surface area contributed by atoms with Crippen molar-refractivity contribution in [3.05, 3.63) is 0 Å². The second kappa shape index (κ2) is 23.0. The third-order valence-electron chi connectivity index (χ3n) is 9.65. The van der Waals surface area contributed by atoms with Gasteiger partial charge in [-0.15, -0.1) is 0 Å². The van der Waals surface area contributed by atoms with Crippen molar-refractivity contribution in [2.45, 2.75) is 149 Å². The SMILES string of the molecule is CCCC(NC(=O)[C@H](CC(C)C)NC(=O)[C@@H](NC(=O)OCC(C)C)C1CCCCC1)C(=O)C(=O)NCC(=O)N[C@H](C(=O)O)C1CCN(C(=O)OC(C)(C)C)CC1. The molecule has 0 radical (unpaired) electrons. The van der Waals surface area contributed by atoms with Crippen LogP contribution in [-0.2, 0) is 38.2 Å².